The number of carboxylic acid groups (broad SMARTS) is 1. The van der Waals surface area contributed by atoms with Gasteiger partial charge in [-0.25, -0.2) is 9.18 Å². The minimum absolute atomic E-state index is 0.0145. The van der Waals surface area contributed by atoms with Gasteiger partial charge in [0, 0.05) is 0 Å². The van der Waals surface area contributed by atoms with Gasteiger partial charge in [0.1, 0.15) is 11.6 Å². The van der Waals surface area contributed by atoms with Crippen molar-refractivity contribution in [1.29, 1.82) is 0 Å². The van der Waals surface area contributed by atoms with Crippen molar-refractivity contribution in [2.75, 3.05) is 7.11 Å². The number of rotatable bonds is 6. The molecule has 132 valence electrons. The van der Waals surface area contributed by atoms with Crippen LogP contribution in [0, 0.1) is 19.7 Å². The summed E-state index contributed by atoms with van der Waals surface area (Å²) in [6.07, 6.45) is 0.0145. The number of aryl methyl sites for hydroxylation is 2. The van der Waals surface area contributed by atoms with E-state index in [1.807, 2.05) is 13.0 Å². The van der Waals surface area contributed by atoms with Gasteiger partial charge in [-0.05, 0) is 48.2 Å². The van der Waals surface area contributed by atoms with Crippen LogP contribution in [-0.2, 0) is 16.0 Å². The van der Waals surface area contributed by atoms with Gasteiger partial charge in [0.25, 0.3) is 0 Å². The highest BCUT2D eigenvalue weighted by Crippen LogP contribution is 2.20. The van der Waals surface area contributed by atoms with Crippen LogP contribution in [0.4, 0.5) is 4.39 Å². The molecule has 0 saturated carbocycles. The number of hydrogen-bond donors (Lipinski definition) is 2. The molecule has 6 heteroatoms. The Morgan fingerprint density at radius 3 is 2.48 bits per heavy atom. The Morgan fingerprint density at radius 2 is 1.88 bits per heavy atom. The van der Waals surface area contributed by atoms with Crippen LogP contribution >= 0.6 is 0 Å². The van der Waals surface area contributed by atoms with Crippen molar-refractivity contribution < 1.29 is 23.8 Å². The van der Waals surface area contributed by atoms with Gasteiger partial charge in [-0.1, -0.05) is 24.3 Å². The normalized spacial score (nSPS) is 11.7. The number of carboxylic acids is 1. The van der Waals surface area contributed by atoms with Gasteiger partial charge in [0.05, 0.1) is 13.5 Å². The summed E-state index contributed by atoms with van der Waals surface area (Å²) < 4.78 is 18.6. The van der Waals surface area contributed by atoms with Crippen molar-refractivity contribution >= 4 is 11.9 Å². The van der Waals surface area contributed by atoms with E-state index in [1.54, 1.807) is 19.2 Å². The predicted octanol–water partition coefficient (Wildman–Crippen LogP) is 2.94. The first kappa shape index (κ1) is 18.4. The summed E-state index contributed by atoms with van der Waals surface area (Å²) in [6.45, 7) is 3.43. The molecule has 25 heavy (non-hydrogen) atoms. The molecule has 2 aromatic carbocycles. The molecule has 0 saturated heterocycles. The Hall–Kier alpha value is -2.89. The number of aliphatic carboxylic acids is 1. The largest absolute Gasteiger partial charge is 0.496 e. The average Bonchev–Trinajstić information content (AvgIpc) is 2.56. The highest BCUT2D eigenvalue weighted by Gasteiger charge is 2.23. The van der Waals surface area contributed by atoms with Gasteiger partial charge in [-0.15, -0.1) is 0 Å². The summed E-state index contributed by atoms with van der Waals surface area (Å²) >= 11 is 0. The molecule has 0 aliphatic heterocycles. The van der Waals surface area contributed by atoms with Crippen molar-refractivity contribution in [3.05, 3.63) is 64.5 Å². The molecule has 2 rings (SSSR count). The Morgan fingerprint density at radius 1 is 1.16 bits per heavy atom. The Balaban J connectivity index is 2.15. The molecule has 0 bridgehead atoms. The number of amides is 1. The number of halogens is 1. The van der Waals surface area contributed by atoms with Crippen LogP contribution in [0.1, 0.15) is 28.3 Å². The van der Waals surface area contributed by atoms with Crippen LogP contribution in [0.3, 0.4) is 0 Å². The first-order valence-electron chi connectivity index (χ1n) is 7.73. The number of carbonyl (C=O) groups excluding carboxylic acids is 1. The summed E-state index contributed by atoms with van der Waals surface area (Å²) in [7, 11) is 1.55. The lowest BCUT2D eigenvalue weighted by Crippen LogP contribution is -2.34. The number of methoxy groups -OCH3 is 1. The van der Waals surface area contributed by atoms with Crippen molar-refractivity contribution in [2.45, 2.75) is 26.3 Å². The maximum atomic E-state index is 13.4. The lowest BCUT2D eigenvalue weighted by molar-refractivity contribution is -0.142. The van der Waals surface area contributed by atoms with Crippen LogP contribution in [-0.4, -0.2) is 24.1 Å². The molecule has 1 atom stereocenters. The van der Waals surface area contributed by atoms with E-state index in [4.69, 9.17) is 4.74 Å². The van der Waals surface area contributed by atoms with Crippen LogP contribution < -0.4 is 10.1 Å². The van der Waals surface area contributed by atoms with E-state index < -0.39 is 23.7 Å². The molecular formula is C19H20FNO4. The minimum atomic E-state index is -1.24. The van der Waals surface area contributed by atoms with E-state index in [1.165, 1.54) is 25.1 Å². The monoisotopic (exact) mass is 345 g/mol. The molecular weight excluding hydrogens is 325 g/mol. The Kier molecular flexibility index (Phi) is 5.75. The maximum Gasteiger partial charge on any atom is 0.330 e. The zero-order valence-corrected chi connectivity index (χ0v) is 14.3. The summed E-state index contributed by atoms with van der Waals surface area (Å²) in [6, 6.07) is 8.10. The van der Waals surface area contributed by atoms with Gasteiger partial charge in [0.2, 0.25) is 5.91 Å². The summed E-state index contributed by atoms with van der Waals surface area (Å²) in [5.41, 5.74) is 2.29. The molecule has 2 aromatic rings. The third-order valence-electron chi connectivity index (χ3n) is 3.90. The van der Waals surface area contributed by atoms with Crippen molar-refractivity contribution in [3.63, 3.8) is 0 Å². The Labute approximate surface area is 145 Å². The SMILES string of the molecule is COc1cc(CC(=O)NC(C(=O)O)c2ccc(F)c(C)c2)ccc1C. The van der Waals surface area contributed by atoms with Crippen LogP contribution in [0.25, 0.3) is 0 Å². The van der Waals surface area contributed by atoms with E-state index in [9.17, 15) is 19.1 Å². The summed E-state index contributed by atoms with van der Waals surface area (Å²) in [4.78, 5) is 23.7. The second-order valence-electron chi connectivity index (χ2n) is 5.83. The maximum absolute atomic E-state index is 13.4. The average molecular weight is 345 g/mol. The number of carbonyl (C=O) groups is 2. The van der Waals surface area contributed by atoms with Crippen LogP contribution in [0.2, 0.25) is 0 Å². The number of hydrogen-bond acceptors (Lipinski definition) is 3. The molecule has 1 amide bonds. The highest BCUT2D eigenvalue weighted by molar-refractivity contribution is 5.85. The van der Waals surface area contributed by atoms with Gasteiger partial charge >= 0.3 is 5.97 Å². The molecule has 1 unspecified atom stereocenters. The van der Waals surface area contributed by atoms with E-state index in [-0.39, 0.29) is 6.42 Å². The zero-order valence-electron chi connectivity index (χ0n) is 14.3. The number of benzene rings is 2. The van der Waals surface area contributed by atoms with Gasteiger partial charge < -0.3 is 15.2 Å². The fraction of sp³-hybridized carbons (Fsp3) is 0.263. The molecule has 0 spiro atoms. The fourth-order valence-corrected chi connectivity index (χ4v) is 2.51. The molecule has 0 heterocycles. The van der Waals surface area contributed by atoms with Crippen molar-refractivity contribution in [2.24, 2.45) is 0 Å². The third-order valence-corrected chi connectivity index (χ3v) is 3.90. The molecule has 2 N–H and O–H groups in total. The van der Waals surface area contributed by atoms with Gasteiger partial charge in [-0.2, -0.15) is 0 Å². The molecule has 0 aliphatic carbocycles. The smallest absolute Gasteiger partial charge is 0.330 e. The quantitative estimate of drug-likeness (QED) is 0.844. The molecule has 0 fully saturated rings. The first-order valence-corrected chi connectivity index (χ1v) is 7.73. The van der Waals surface area contributed by atoms with Crippen molar-refractivity contribution in [1.82, 2.24) is 5.32 Å². The zero-order chi connectivity index (χ0) is 18.6. The lowest BCUT2D eigenvalue weighted by Gasteiger charge is -2.16. The van der Waals surface area contributed by atoms with E-state index in [0.29, 0.717) is 22.4 Å². The van der Waals surface area contributed by atoms with Crippen LogP contribution in [0.5, 0.6) is 5.75 Å². The molecule has 0 aromatic heterocycles. The lowest BCUT2D eigenvalue weighted by atomic mass is 10.0. The highest BCUT2D eigenvalue weighted by atomic mass is 19.1. The van der Waals surface area contributed by atoms with Gasteiger partial charge in [0.15, 0.2) is 6.04 Å². The fourth-order valence-electron chi connectivity index (χ4n) is 2.51. The predicted molar refractivity (Wildman–Crippen MR) is 91.1 cm³/mol. The van der Waals surface area contributed by atoms with Crippen LogP contribution in [0.15, 0.2) is 36.4 Å². The standard InChI is InChI=1S/C19H20FNO4/c1-11-4-5-13(9-16(11)25-3)10-17(22)21-18(19(23)24)14-6-7-15(20)12(2)8-14/h4-9,18H,10H2,1-3H3,(H,21,22)(H,23,24). The summed E-state index contributed by atoms with van der Waals surface area (Å²) in [5, 5.41) is 11.9. The number of ether oxygens (including phenoxy) is 1. The van der Waals surface area contributed by atoms with E-state index >= 15 is 0 Å². The van der Waals surface area contributed by atoms with E-state index in [0.717, 1.165) is 5.56 Å². The second kappa shape index (κ2) is 7.79. The molecule has 5 nitrogen and oxygen atoms in total. The second-order valence-corrected chi connectivity index (χ2v) is 5.83. The van der Waals surface area contributed by atoms with Crippen molar-refractivity contribution in [3.8, 4) is 5.75 Å². The van der Waals surface area contributed by atoms with Gasteiger partial charge in [-0.3, -0.25) is 4.79 Å². The summed E-state index contributed by atoms with van der Waals surface area (Å²) in [5.74, 6) is -1.42. The topological polar surface area (TPSA) is 75.6 Å². The third kappa shape index (κ3) is 4.56. The number of nitrogens with one attached hydrogen (secondary N) is 1. The molecule has 0 aliphatic rings. The first-order chi connectivity index (χ1) is 11.8. The Bertz CT molecular complexity index is 804. The van der Waals surface area contributed by atoms with E-state index in [2.05, 4.69) is 5.32 Å². The minimum Gasteiger partial charge on any atom is -0.496 e. The molecule has 0 radical (unpaired) electrons.